The van der Waals surface area contributed by atoms with Gasteiger partial charge in [0.05, 0.1) is 5.56 Å². The predicted octanol–water partition coefficient (Wildman–Crippen LogP) is 2.19. The molecule has 2 rings (SSSR count). The molecule has 0 aromatic heterocycles. The summed E-state index contributed by atoms with van der Waals surface area (Å²) in [6.07, 6.45) is 0.863. The van der Waals surface area contributed by atoms with E-state index >= 15 is 0 Å². The van der Waals surface area contributed by atoms with Crippen LogP contribution in [0.4, 0.5) is 10.1 Å². The largest absolute Gasteiger partial charge is 0.341 e. The van der Waals surface area contributed by atoms with Crippen molar-refractivity contribution in [3.8, 4) is 0 Å². The lowest BCUT2D eigenvalue weighted by atomic mass is 9.93. The van der Waals surface area contributed by atoms with Gasteiger partial charge in [-0.25, -0.2) is 4.39 Å². The SMILES string of the molecule is CN(CC(C)(C)CN)C(=O)c1cc2c(cc1F)NC(=O)CC2.Cl. The zero-order valence-corrected chi connectivity index (χ0v) is 14.4. The Morgan fingerprint density at radius 3 is 2.65 bits per heavy atom. The monoisotopic (exact) mass is 343 g/mol. The van der Waals surface area contributed by atoms with Gasteiger partial charge in [-0.05, 0) is 36.1 Å². The fourth-order valence-corrected chi connectivity index (χ4v) is 2.55. The average Bonchev–Trinajstić information content (AvgIpc) is 2.45. The Hall–Kier alpha value is -1.66. The Morgan fingerprint density at radius 1 is 1.39 bits per heavy atom. The molecule has 1 aliphatic heterocycles. The third kappa shape index (κ3) is 4.42. The minimum absolute atomic E-state index is 0. The molecule has 0 saturated heterocycles. The maximum atomic E-state index is 14.2. The molecule has 0 fully saturated rings. The van der Waals surface area contributed by atoms with Crippen LogP contribution >= 0.6 is 12.4 Å². The van der Waals surface area contributed by atoms with Gasteiger partial charge in [-0.2, -0.15) is 0 Å². The number of halogens is 2. The van der Waals surface area contributed by atoms with Crippen LogP contribution in [0.3, 0.4) is 0 Å². The van der Waals surface area contributed by atoms with E-state index in [0.717, 1.165) is 5.56 Å². The van der Waals surface area contributed by atoms with Crippen LogP contribution in [0, 0.1) is 11.2 Å². The van der Waals surface area contributed by atoms with Crippen LogP contribution < -0.4 is 11.1 Å². The second kappa shape index (κ2) is 7.27. The van der Waals surface area contributed by atoms with Crippen LogP contribution in [0.2, 0.25) is 0 Å². The Balaban J connectivity index is 0.00000264. The highest BCUT2D eigenvalue weighted by atomic mass is 35.5. The number of carbonyl (C=O) groups excluding carboxylic acids is 2. The van der Waals surface area contributed by atoms with Gasteiger partial charge < -0.3 is 16.0 Å². The average molecular weight is 344 g/mol. The lowest BCUT2D eigenvalue weighted by Crippen LogP contribution is -2.40. The van der Waals surface area contributed by atoms with E-state index in [-0.39, 0.29) is 35.2 Å². The summed E-state index contributed by atoms with van der Waals surface area (Å²) in [6, 6.07) is 2.76. The molecule has 5 nitrogen and oxygen atoms in total. The molecule has 0 atom stereocenters. The molecule has 0 radical (unpaired) electrons. The molecule has 0 bridgehead atoms. The van der Waals surface area contributed by atoms with Gasteiger partial charge in [0.15, 0.2) is 0 Å². The summed E-state index contributed by atoms with van der Waals surface area (Å²) in [5, 5.41) is 2.62. The number of aryl methyl sites for hydroxylation is 1. The molecule has 128 valence electrons. The van der Waals surface area contributed by atoms with Gasteiger partial charge >= 0.3 is 0 Å². The molecular formula is C16H23ClFN3O2. The number of carbonyl (C=O) groups is 2. The van der Waals surface area contributed by atoms with Crippen molar-refractivity contribution in [2.75, 3.05) is 25.5 Å². The van der Waals surface area contributed by atoms with Gasteiger partial charge in [0.1, 0.15) is 5.82 Å². The third-order valence-electron chi connectivity index (χ3n) is 3.88. The molecule has 23 heavy (non-hydrogen) atoms. The van der Waals surface area contributed by atoms with E-state index in [0.29, 0.717) is 31.6 Å². The van der Waals surface area contributed by atoms with Gasteiger partial charge in [0, 0.05) is 25.7 Å². The predicted molar refractivity (Wildman–Crippen MR) is 90.4 cm³/mol. The van der Waals surface area contributed by atoms with Crippen LogP contribution in [0.1, 0.15) is 36.2 Å². The summed E-state index contributed by atoms with van der Waals surface area (Å²) in [5.74, 6) is -1.13. The first-order valence-corrected chi connectivity index (χ1v) is 7.31. The molecule has 1 aliphatic rings. The number of amides is 2. The maximum Gasteiger partial charge on any atom is 0.256 e. The highest BCUT2D eigenvalue weighted by molar-refractivity contribution is 5.98. The number of hydrogen-bond donors (Lipinski definition) is 2. The fourth-order valence-electron chi connectivity index (χ4n) is 2.55. The molecule has 0 unspecified atom stereocenters. The Bertz CT molecular complexity index is 620. The lowest BCUT2D eigenvalue weighted by Gasteiger charge is -2.29. The van der Waals surface area contributed by atoms with Crippen molar-refractivity contribution in [2.45, 2.75) is 26.7 Å². The number of nitrogens with two attached hydrogens (primary N) is 1. The maximum absolute atomic E-state index is 14.2. The van der Waals surface area contributed by atoms with Gasteiger partial charge in [-0.15, -0.1) is 12.4 Å². The molecule has 0 aliphatic carbocycles. The fraction of sp³-hybridized carbons (Fsp3) is 0.500. The smallest absolute Gasteiger partial charge is 0.256 e. The summed E-state index contributed by atoms with van der Waals surface area (Å²) in [7, 11) is 1.64. The van der Waals surface area contributed by atoms with Gasteiger partial charge in [-0.1, -0.05) is 13.8 Å². The van der Waals surface area contributed by atoms with Crippen LogP contribution in [0.25, 0.3) is 0 Å². The minimum atomic E-state index is -0.622. The van der Waals surface area contributed by atoms with Crippen molar-refractivity contribution in [3.63, 3.8) is 0 Å². The van der Waals surface area contributed by atoms with Crippen LogP contribution in [0.5, 0.6) is 0 Å². The van der Waals surface area contributed by atoms with E-state index in [1.54, 1.807) is 13.1 Å². The van der Waals surface area contributed by atoms with Gasteiger partial charge in [0.25, 0.3) is 5.91 Å². The number of nitrogens with one attached hydrogen (secondary N) is 1. The number of benzene rings is 1. The van der Waals surface area contributed by atoms with E-state index in [9.17, 15) is 14.0 Å². The molecule has 7 heteroatoms. The van der Waals surface area contributed by atoms with Crippen LogP contribution in [0.15, 0.2) is 12.1 Å². The standard InChI is InChI=1S/C16H22FN3O2.ClH/c1-16(2,8-18)9-20(3)15(22)11-6-10-4-5-14(21)19-13(10)7-12(11)17;/h6-7H,4-5,8-9,18H2,1-3H3,(H,19,21);1H. The topological polar surface area (TPSA) is 75.4 Å². The molecule has 0 spiro atoms. The molecule has 1 aromatic rings. The van der Waals surface area contributed by atoms with Crippen molar-refractivity contribution < 1.29 is 14.0 Å². The van der Waals surface area contributed by atoms with Crippen LogP contribution in [-0.2, 0) is 11.2 Å². The second-order valence-electron chi connectivity index (χ2n) is 6.57. The summed E-state index contributed by atoms with van der Waals surface area (Å²) in [5.41, 5.74) is 6.72. The van der Waals surface area contributed by atoms with Crippen molar-refractivity contribution in [2.24, 2.45) is 11.1 Å². The summed E-state index contributed by atoms with van der Waals surface area (Å²) < 4.78 is 14.2. The number of fused-ring (bicyclic) bond motifs is 1. The van der Waals surface area contributed by atoms with E-state index in [1.807, 2.05) is 13.8 Å². The second-order valence-corrected chi connectivity index (χ2v) is 6.57. The van der Waals surface area contributed by atoms with Crippen molar-refractivity contribution in [3.05, 3.63) is 29.1 Å². The molecule has 2 amide bonds. The lowest BCUT2D eigenvalue weighted by molar-refractivity contribution is -0.116. The quantitative estimate of drug-likeness (QED) is 0.880. The van der Waals surface area contributed by atoms with E-state index in [1.165, 1.54) is 11.0 Å². The highest BCUT2D eigenvalue weighted by Gasteiger charge is 2.25. The Kier molecular flexibility index (Phi) is 6.13. The summed E-state index contributed by atoms with van der Waals surface area (Å²) in [6.45, 7) is 4.78. The van der Waals surface area contributed by atoms with Gasteiger partial charge in [0.2, 0.25) is 5.91 Å². The molecule has 1 aromatic carbocycles. The number of rotatable bonds is 4. The normalized spacial score (nSPS) is 13.7. The Morgan fingerprint density at radius 2 is 2.04 bits per heavy atom. The number of nitrogens with zero attached hydrogens (tertiary/aromatic N) is 1. The zero-order chi connectivity index (χ0) is 16.5. The number of anilines is 1. The highest BCUT2D eigenvalue weighted by Crippen LogP contribution is 2.27. The van der Waals surface area contributed by atoms with Crippen molar-refractivity contribution in [1.29, 1.82) is 0 Å². The van der Waals surface area contributed by atoms with Crippen LogP contribution in [-0.4, -0.2) is 36.9 Å². The molecule has 3 N–H and O–H groups in total. The Labute approximate surface area is 141 Å². The zero-order valence-electron chi connectivity index (χ0n) is 13.6. The van der Waals surface area contributed by atoms with Crippen molar-refractivity contribution >= 4 is 29.9 Å². The summed E-state index contributed by atoms with van der Waals surface area (Å²) >= 11 is 0. The summed E-state index contributed by atoms with van der Waals surface area (Å²) in [4.78, 5) is 25.3. The first-order valence-electron chi connectivity index (χ1n) is 7.31. The van der Waals surface area contributed by atoms with E-state index in [2.05, 4.69) is 5.32 Å². The van der Waals surface area contributed by atoms with Crippen molar-refractivity contribution in [1.82, 2.24) is 4.90 Å². The first-order chi connectivity index (χ1) is 10.2. The third-order valence-corrected chi connectivity index (χ3v) is 3.88. The van der Waals surface area contributed by atoms with E-state index in [4.69, 9.17) is 5.73 Å². The van der Waals surface area contributed by atoms with Gasteiger partial charge in [-0.3, -0.25) is 9.59 Å². The first kappa shape index (κ1) is 19.4. The van der Waals surface area contributed by atoms with E-state index < -0.39 is 5.82 Å². The number of hydrogen-bond acceptors (Lipinski definition) is 3. The minimum Gasteiger partial charge on any atom is -0.341 e. The molecule has 1 heterocycles. The molecular weight excluding hydrogens is 321 g/mol. The molecule has 0 saturated carbocycles.